The van der Waals surface area contributed by atoms with Crippen molar-refractivity contribution in [2.24, 2.45) is 5.92 Å². The molecule has 0 unspecified atom stereocenters. The lowest BCUT2D eigenvalue weighted by Crippen LogP contribution is -2.38. The summed E-state index contributed by atoms with van der Waals surface area (Å²) in [5.74, 6) is 0.596. The van der Waals surface area contributed by atoms with Gasteiger partial charge in [0, 0.05) is 24.0 Å². The first kappa shape index (κ1) is 18.1. The SMILES string of the molecule is COc1ccc(Cl)cc1NC(=O)C1CCN(c2nc3ccccc3s2)CC1. The average Bonchev–Trinajstić information content (AvgIpc) is 3.12. The number of carbonyl (C=O) groups is 1. The summed E-state index contributed by atoms with van der Waals surface area (Å²) < 4.78 is 6.50. The minimum absolute atomic E-state index is 0.0134. The summed E-state index contributed by atoms with van der Waals surface area (Å²) in [7, 11) is 1.58. The summed E-state index contributed by atoms with van der Waals surface area (Å²) in [5, 5.41) is 4.57. The molecule has 1 N–H and O–H groups in total. The Balaban J connectivity index is 1.40. The predicted octanol–water partition coefficient (Wildman–Crippen LogP) is 4.81. The molecular weight excluding hydrogens is 382 g/mol. The maximum absolute atomic E-state index is 12.7. The number of piperidine rings is 1. The second-order valence-corrected chi connectivity index (χ2v) is 8.00. The van der Waals surface area contributed by atoms with Crippen molar-refractivity contribution >= 4 is 49.9 Å². The fraction of sp³-hybridized carbons (Fsp3) is 0.300. The number of hydrogen-bond acceptors (Lipinski definition) is 5. The molecule has 1 aliphatic heterocycles. The predicted molar refractivity (Wildman–Crippen MR) is 111 cm³/mol. The molecule has 0 aliphatic carbocycles. The van der Waals surface area contributed by atoms with Crippen LogP contribution in [0.1, 0.15) is 12.8 Å². The largest absolute Gasteiger partial charge is 0.495 e. The van der Waals surface area contributed by atoms with Gasteiger partial charge in [-0.1, -0.05) is 35.1 Å². The van der Waals surface area contributed by atoms with E-state index < -0.39 is 0 Å². The zero-order chi connectivity index (χ0) is 18.8. The Kier molecular flexibility index (Phi) is 5.18. The van der Waals surface area contributed by atoms with E-state index in [2.05, 4.69) is 16.3 Å². The van der Waals surface area contributed by atoms with Crippen molar-refractivity contribution in [3.63, 3.8) is 0 Å². The van der Waals surface area contributed by atoms with Crippen LogP contribution >= 0.6 is 22.9 Å². The van der Waals surface area contributed by atoms with Crippen molar-refractivity contribution in [1.82, 2.24) is 4.98 Å². The highest BCUT2D eigenvalue weighted by atomic mass is 35.5. The van der Waals surface area contributed by atoms with E-state index in [0.717, 1.165) is 36.6 Å². The number of para-hydroxylation sites is 1. The van der Waals surface area contributed by atoms with Gasteiger partial charge in [-0.05, 0) is 43.2 Å². The molecule has 0 bridgehead atoms. The molecule has 5 nitrogen and oxygen atoms in total. The molecule has 1 amide bonds. The highest BCUT2D eigenvalue weighted by Gasteiger charge is 2.27. The second kappa shape index (κ2) is 7.74. The number of rotatable bonds is 4. The number of anilines is 2. The number of ether oxygens (including phenoxy) is 1. The minimum Gasteiger partial charge on any atom is -0.495 e. The van der Waals surface area contributed by atoms with Crippen LogP contribution in [0, 0.1) is 5.92 Å². The van der Waals surface area contributed by atoms with Gasteiger partial charge in [-0.15, -0.1) is 0 Å². The lowest BCUT2D eigenvalue weighted by Gasteiger charge is -2.31. The van der Waals surface area contributed by atoms with Crippen LogP contribution in [0.4, 0.5) is 10.8 Å². The first-order valence-corrected chi connectivity index (χ1v) is 10.1. The fourth-order valence-corrected chi connectivity index (χ4v) is 4.53. The Morgan fingerprint density at radius 3 is 2.78 bits per heavy atom. The van der Waals surface area contributed by atoms with Gasteiger partial charge in [-0.3, -0.25) is 4.79 Å². The van der Waals surface area contributed by atoms with Gasteiger partial charge in [0.25, 0.3) is 0 Å². The first-order chi connectivity index (χ1) is 13.1. The van der Waals surface area contributed by atoms with Gasteiger partial charge in [0.1, 0.15) is 5.75 Å². The summed E-state index contributed by atoms with van der Waals surface area (Å²) >= 11 is 7.75. The van der Waals surface area contributed by atoms with Gasteiger partial charge in [0.15, 0.2) is 5.13 Å². The summed E-state index contributed by atoms with van der Waals surface area (Å²) in [4.78, 5) is 19.7. The number of nitrogens with one attached hydrogen (secondary N) is 1. The lowest BCUT2D eigenvalue weighted by molar-refractivity contribution is -0.120. The van der Waals surface area contributed by atoms with E-state index >= 15 is 0 Å². The van der Waals surface area contributed by atoms with E-state index in [0.29, 0.717) is 16.5 Å². The van der Waals surface area contributed by atoms with Gasteiger partial charge in [-0.25, -0.2) is 4.98 Å². The highest BCUT2D eigenvalue weighted by molar-refractivity contribution is 7.22. The molecule has 27 heavy (non-hydrogen) atoms. The molecule has 4 rings (SSSR count). The summed E-state index contributed by atoms with van der Waals surface area (Å²) in [6.45, 7) is 1.65. The van der Waals surface area contributed by atoms with Crippen LogP contribution in [0.5, 0.6) is 5.75 Å². The Labute approximate surface area is 166 Å². The van der Waals surface area contributed by atoms with Crippen LogP contribution in [-0.4, -0.2) is 31.1 Å². The van der Waals surface area contributed by atoms with Crippen molar-refractivity contribution < 1.29 is 9.53 Å². The smallest absolute Gasteiger partial charge is 0.227 e. The summed E-state index contributed by atoms with van der Waals surface area (Å²) in [6, 6.07) is 13.4. The molecule has 7 heteroatoms. The molecule has 1 saturated heterocycles. The average molecular weight is 402 g/mol. The zero-order valence-electron chi connectivity index (χ0n) is 14.9. The van der Waals surface area contributed by atoms with E-state index in [1.54, 1.807) is 36.6 Å². The highest BCUT2D eigenvalue weighted by Crippen LogP contribution is 2.32. The normalized spacial score (nSPS) is 15.1. The molecule has 1 fully saturated rings. The number of fused-ring (bicyclic) bond motifs is 1. The monoisotopic (exact) mass is 401 g/mol. The number of benzene rings is 2. The van der Waals surface area contributed by atoms with E-state index in [9.17, 15) is 4.79 Å². The number of thiazole rings is 1. The molecule has 2 heterocycles. The topological polar surface area (TPSA) is 54.5 Å². The number of aromatic nitrogens is 1. The van der Waals surface area contributed by atoms with E-state index in [1.807, 2.05) is 18.2 Å². The van der Waals surface area contributed by atoms with Gasteiger partial charge in [0.2, 0.25) is 5.91 Å². The third-order valence-electron chi connectivity index (χ3n) is 4.84. The first-order valence-electron chi connectivity index (χ1n) is 8.89. The molecule has 0 atom stereocenters. The number of carbonyl (C=O) groups excluding carboxylic acids is 1. The third-order valence-corrected chi connectivity index (χ3v) is 6.17. The molecule has 2 aromatic carbocycles. The van der Waals surface area contributed by atoms with Crippen molar-refractivity contribution in [3.8, 4) is 5.75 Å². The van der Waals surface area contributed by atoms with Gasteiger partial charge in [-0.2, -0.15) is 0 Å². The molecule has 0 saturated carbocycles. The van der Waals surface area contributed by atoms with Crippen LogP contribution in [0.2, 0.25) is 5.02 Å². The Bertz CT molecular complexity index is 934. The lowest BCUT2D eigenvalue weighted by atomic mass is 9.96. The number of amides is 1. The molecular formula is C20H20ClN3O2S. The quantitative estimate of drug-likeness (QED) is 0.681. The molecule has 0 spiro atoms. The second-order valence-electron chi connectivity index (χ2n) is 6.56. The van der Waals surface area contributed by atoms with E-state index in [1.165, 1.54) is 4.70 Å². The van der Waals surface area contributed by atoms with Crippen LogP contribution in [0.25, 0.3) is 10.2 Å². The number of hydrogen-bond donors (Lipinski definition) is 1. The van der Waals surface area contributed by atoms with Crippen molar-refractivity contribution in [3.05, 3.63) is 47.5 Å². The molecule has 3 aromatic rings. The van der Waals surface area contributed by atoms with Crippen LogP contribution in [0.15, 0.2) is 42.5 Å². The van der Waals surface area contributed by atoms with Crippen LogP contribution in [-0.2, 0) is 4.79 Å². The standard InChI is InChI=1S/C20H20ClN3O2S/c1-26-17-7-6-14(21)12-16(17)22-19(25)13-8-10-24(11-9-13)20-23-15-4-2-3-5-18(15)27-20/h2-7,12-13H,8-11H2,1H3,(H,22,25). The van der Waals surface area contributed by atoms with Crippen LogP contribution < -0.4 is 15.0 Å². The maximum atomic E-state index is 12.7. The van der Waals surface area contributed by atoms with E-state index in [4.69, 9.17) is 21.3 Å². The number of methoxy groups -OCH3 is 1. The Morgan fingerprint density at radius 1 is 1.26 bits per heavy atom. The summed E-state index contributed by atoms with van der Waals surface area (Å²) in [5.41, 5.74) is 1.65. The van der Waals surface area contributed by atoms with Crippen molar-refractivity contribution in [2.75, 3.05) is 30.4 Å². The van der Waals surface area contributed by atoms with Crippen LogP contribution in [0.3, 0.4) is 0 Å². The van der Waals surface area contributed by atoms with Gasteiger partial charge < -0.3 is 15.0 Å². The molecule has 140 valence electrons. The van der Waals surface area contributed by atoms with Crippen molar-refractivity contribution in [2.45, 2.75) is 12.8 Å². The van der Waals surface area contributed by atoms with Crippen molar-refractivity contribution in [1.29, 1.82) is 0 Å². The summed E-state index contributed by atoms with van der Waals surface area (Å²) in [6.07, 6.45) is 1.59. The third kappa shape index (κ3) is 3.87. The number of nitrogens with zero attached hydrogens (tertiary/aromatic N) is 2. The molecule has 0 radical (unpaired) electrons. The van der Waals surface area contributed by atoms with E-state index in [-0.39, 0.29) is 11.8 Å². The maximum Gasteiger partial charge on any atom is 0.227 e. The Morgan fingerprint density at radius 2 is 2.04 bits per heavy atom. The molecule has 1 aliphatic rings. The van der Waals surface area contributed by atoms with Gasteiger partial charge >= 0.3 is 0 Å². The molecule has 1 aromatic heterocycles. The Hall–Kier alpha value is -2.31. The minimum atomic E-state index is -0.0284. The number of halogens is 1. The fourth-order valence-electron chi connectivity index (χ4n) is 3.34. The van der Waals surface area contributed by atoms with Gasteiger partial charge in [0.05, 0.1) is 23.0 Å². The zero-order valence-corrected chi connectivity index (χ0v) is 16.5.